The van der Waals surface area contributed by atoms with Gasteiger partial charge in [-0.1, -0.05) is 72.9 Å². The van der Waals surface area contributed by atoms with Gasteiger partial charge in [0.25, 0.3) is 0 Å². The molecule has 4 aliphatic rings. The molecule has 57 heavy (non-hydrogen) atoms. The lowest BCUT2D eigenvalue weighted by molar-refractivity contribution is -0.0696. The van der Waals surface area contributed by atoms with Gasteiger partial charge in [-0.2, -0.15) is 0 Å². The van der Waals surface area contributed by atoms with Crippen molar-refractivity contribution in [2.75, 3.05) is 25.6 Å². The van der Waals surface area contributed by atoms with Crippen molar-refractivity contribution in [2.45, 2.75) is 196 Å². The number of sulfone groups is 1. The third-order valence-corrected chi connectivity index (χ3v) is 24.6. The van der Waals surface area contributed by atoms with Crippen molar-refractivity contribution >= 4 is 26.5 Å². The van der Waals surface area contributed by atoms with Crippen LogP contribution in [0.15, 0.2) is 59.5 Å². The first kappa shape index (κ1) is 46.9. The van der Waals surface area contributed by atoms with E-state index in [2.05, 4.69) is 80.9 Å². The van der Waals surface area contributed by atoms with Gasteiger partial charge in [0.05, 0.1) is 73.2 Å². The molecule has 0 saturated carbocycles. The van der Waals surface area contributed by atoms with Crippen molar-refractivity contribution in [3.8, 4) is 0 Å². The molecule has 1 aromatic rings. The standard InChI is InChI=1S/C45H76O9SSi2/c1-32-18-19-35(20-22-40-33(2)26-36(52-40)21-23-43-48-24-25-49-43)51-41(32)29-42-34(31-55(46,47)39-16-14-13-15-17-39)27-37(53-42)28-38(54-57(11,12)45(6,7)8)30-50-56(9,10)44(3,4)5/h13-17,34-38,40-43H,1-2,18-31H2,3-12H3/t34-,35+,36-,37-,38?,40-,41+,42-/m0/s1. The molecule has 0 spiro atoms. The molecule has 0 bridgehead atoms. The predicted molar refractivity (Wildman–Crippen MR) is 233 cm³/mol. The highest BCUT2D eigenvalue weighted by atomic mass is 32.2. The molecule has 324 valence electrons. The third kappa shape index (κ3) is 12.9. The van der Waals surface area contributed by atoms with Gasteiger partial charge in [0, 0.05) is 25.2 Å². The Morgan fingerprint density at radius 1 is 0.789 bits per heavy atom. The van der Waals surface area contributed by atoms with Crippen molar-refractivity contribution in [3.63, 3.8) is 0 Å². The molecular formula is C45H76O9SSi2. The Balaban J connectivity index is 1.26. The molecule has 1 unspecified atom stereocenters. The predicted octanol–water partition coefficient (Wildman–Crippen LogP) is 10.2. The van der Waals surface area contributed by atoms with E-state index in [1.807, 2.05) is 6.07 Å². The largest absolute Gasteiger partial charge is 0.414 e. The third-order valence-electron chi connectivity index (χ3n) is 13.7. The average molecular weight is 849 g/mol. The summed E-state index contributed by atoms with van der Waals surface area (Å²) in [6.45, 7) is 33.4. The highest BCUT2D eigenvalue weighted by molar-refractivity contribution is 7.91. The van der Waals surface area contributed by atoms with Crippen LogP contribution in [0.2, 0.25) is 36.3 Å². The smallest absolute Gasteiger partial charge is 0.192 e. The number of rotatable bonds is 18. The average Bonchev–Trinajstić information content (AvgIpc) is 3.86. The summed E-state index contributed by atoms with van der Waals surface area (Å²) in [6, 6.07) is 8.81. The lowest BCUT2D eigenvalue weighted by atomic mass is 9.89. The molecule has 4 fully saturated rings. The van der Waals surface area contributed by atoms with E-state index in [0.29, 0.717) is 44.0 Å². The molecule has 12 heteroatoms. The van der Waals surface area contributed by atoms with Crippen molar-refractivity contribution in [1.82, 2.24) is 0 Å². The Hall–Kier alpha value is -1.20. The minimum atomic E-state index is -3.55. The maximum atomic E-state index is 13.9. The lowest BCUT2D eigenvalue weighted by Gasteiger charge is -2.42. The summed E-state index contributed by atoms with van der Waals surface area (Å²) in [6.07, 6.45) is 7.32. The van der Waals surface area contributed by atoms with Crippen LogP contribution in [0.1, 0.15) is 106 Å². The molecule has 0 amide bonds. The van der Waals surface area contributed by atoms with Gasteiger partial charge in [0.2, 0.25) is 0 Å². The maximum Gasteiger partial charge on any atom is 0.192 e. The highest BCUT2D eigenvalue weighted by Gasteiger charge is 2.45. The molecule has 4 saturated heterocycles. The van der Waals surface area contributed by atoms with Gasteiger partial charge in [-0.05, 0) is 104 Å². The van der Waals surface area contributed by atoms with Crippen LogP contribution in [0.25, 0.3) is 0 Å². The molecule has 0 aliphatic carbocycles. The lowest BCUT2D eigenvalue weighted by Crippen LogP contribution is -2.48. The summed E-state index contributed by atoms with van der Waals surface area (Å²) in [5.41, 5.74) is 2.21. The van der Waals surface area contributed by atoms with E-state index in [1.165, 1.54) is 0 Å². The van der Waals surface area contributed by atoms with E-state index < -0.39 is 26.5 Å². The van der Waals surface area contributed by atoms with E-state index in [1.54, 1.807) is 24.3 Å². The second-order valence-corrected chi connectivity index (χ2v) is 31.9. The Kier molecular flexibility index (Phi) is 15.8. The molecule has 5 rings (SSSR count). The van der Waals surface area contributed by atoms with Crippen LogP contribution in [-0.2, 0) is 42.4 Å². The second kappa shape index (κ2) is 19.2. The van der Waals surface area contributed by atoms with Crippen molar-refractivity contribution in [1.29, 1.82) is 0 Å². The van der Waals surface area contributed by atoms with E-state index in [-0.39, 0.29) is 70.8 Å². The van der Waals surface area contributed by atoms with E-state index >= 15 is 0 Å². The Morgan fingerprint density at radius 2 is 1.42 bits per heavy atom. The summed E-state index contributed by atoms with van der Waals surface area (Å²) in [5, 5.41) is 0.100. The van der Waals surface area contributed by atoms with Crippen LogP contribution in [0, 0.1) is 5.92 Å². The first-order chi connectivity index (χ1) is 26.5. The van der Waals surface area contributed by atoms with Gasteiger partial charge < -0.3 is 32.5 Å². The van der Waals surface area contributed by atoms with Crippen molar-refractivity contribution in [2.24, 2.45) is 5.92 Å². The fraction of sp³-hybridized carbons (Fsp3) is 0.778. The normalized spacial score (nSPS) is 29.1. The number of hydrogen-bond donors (Lipinski definition) is 0. The number of hydrogen-bond acceptors (Lipinski definition) is 9. The molecule has 9 nitrogen and oxygen atoms in total. The zero-order valence-corrected chi connectivity index (χ0v) is 39.8. The van der Waals surface area contributed by atoms with Crippen LogP contribution in [0.4, 0.5) is 0 Å². The fourth-order valence-electron chi connectivity index (χ4n) is 8.06. The molecule has 0 radical (unpaired) electrons. The van der Waals surface area contributed by atoms with Gasteiger partial charge in [-0.25, -0.2) is 8.42 Å². The molecule has 0 aromatic heterocycles. The van der Waals surface area contributed by atoms with Gasteiger partial charge >= 0.3 is 0 Å². The fourth-order valence-corrected chi connectivity index (χ4v) is 12.1. The first-order valence-electron chi connectivity index (χ1n) is 21.7. The van der Waals surface area contributed by atoms with E-state index in [4.69, 9.17) is 32.5 Å². The van der Waals surface area contributed by atoms with Gasteiger partial charge in [0.15, 0.2) is 32.8 Å². The first-order valence-corrected chi connectivity index (χ1v) is 29.1. The Labute approximate surface area is 348 Å². The Bertz CT molecular complexity index is 1580. The van der Waals surface area contributed by atoms with Crippen molar-refractivity contribution < 1.29 is 41.0 Å². The zero-order chi connectivity index (χ0) is 41.8. The SMILES string of the molecule is C=C1C[C@H](CCC2OCCO2)O[C@H]1CC[C@H]1CCC(=C)[C@@H](C[C@@H]2O[C@H](CC(CO[Si](C)(C)C(C)(C)C)O[Si](C)(C)C(C)(C)C)C[C@H]2CS(=O)(=O)c2ccccc2)O1. The maximum absolute atomic E-state index is 13.9. The van der Waals surface area contributed by atoms with Gasteiger partial charge in [-0.3, -0.25) is 0 Å². The van der Waals surface area contributed by atoms with Crippen LogP contribution >= 0.6 is 0 Å². The minimum absolute atomic E-state index is 0.0241. The summed E-state index contributed by atoms with van der Waals surface area (Å²) in [7, 11) is -7.76. The van der Waals surface area contributed by atoms with E-state index in [0.717, 1.165) is 56.1 Å². The zero-order valence-electron chi connectivity index (χ0n) is 37.0. The van der Waals surface area contributed by atoms with Crippen LogP contribution in [-0.4, -0.2) is 99.6 Å². The summed E-state index contributed by atoms with van der Waals surface area (Å²) >= 11 is 0. The molecule has 4 aliphatic heterocycles. The van der Waals surface area contributed by atoms with Crippen molar-refractivity contribution in [3.05, 3.63) is 54.6 Å². The quantitative estimate of drug-likeness (QED) is 0.106. The minimum Gasteiger partial charge on any atom is -0.414 e. The molecular weight excluding hydrogens is 773 g/mol. The van der Waals surface area contributed by atoms with Crippen LogP contribution in [0.3, 0.4) is 0 Å². The highest BCUT2D eigenvalue weighted by Crippen LogP contribution is 2.42. The van der Waals surface area contributed by atoms with Gasteiger partial charge in [-0.15, -0.1) is 0 Å². The number of ether oxygens (including phenoxy) is 5. The topological polar surface area (TPSA) is 98.8 Å². The van der Waals surface area contributed by atoms with E-state index in [9.17, 15) is 8.42 Å². The molecule has 1 aromatic carbocycles. The molecule has 4 heterocycles. The Morgan fingerprint density at radius 3 is 2.07 bits per heavy atom. The van der Waals surface area contributed by atoms with Crippen LogP contribution < -0.4 is 0 Å². The second-order valence-electron chi connectivity index (χ2n) is 20.3. The molecule has 0 N–H and O–H groups in total. The summed E-state index contributed by atoms with van der Waals surface area (Å²) in [5.74, 6) is -0.171. The monoisotopic (exact) mass is 848 g/mol. The number of benzene rings is 1. The van der Waals surface area contributed by atoms with Crippen LogP contribution in [0.5, 0.6) is 0 Å². The summed E-state index contributed by atoms with van der Waals surface area (Å²) in [4.78, 5) is 0.352. The van der Waals surface area contributed by atoms with Gasteiger partial charge in [0.1, 0.15) is 0 Å². The summed E-state index contributed by atoms with van der Waals surface area (Å²) < 4.78 is 73.1. The molecule has 8 atom stereocenters.